The first kappa shape index (κ1) is 16.9. The van der Waals surface area contributed by atoms with Crippen LogP contribution in [0, 0.1) is 16.2 Å². The van der Waals surface area contributed by atoms with Gasteiger partial charge in [-0.2, -0.15) is 0 Å². The predicted molar refractivity (Wildman–Crippen MR) is 75.9 cm³/mol. The topological polar surface area (TPSA) is 35.2 Å². The van der Waals surface area contributed by atoms with Crippen LogP contribution in [0.5, 0.6) is 0 Å². The number of hydrogen-bond acceptors (Lipinski definition) is 2. The lowest BCUT2D eigenvalue weighted by Crippen LogP contribution is -2.51. The van der Waals surface area contributed by atoms with Crippen LogP contribution in [0.25, 0.3) is 0 Å². The lowest BCUT2D eigenvalue weighted by molar-refractivity contribution is -0.110. The van der Waals surface area contributed by atoms with Crippen molar-refractivity contribution in [3.63, 3.8) is 0 Å². The Labute approximate surface area is 108 Å². The van der Waals surface area contributed by atoms with Crippen molar-refractivity contribution < 1.29 is 4.74 Å². The summed E-state index contributed by atoms with van der Waals surface area (Å²) in [6.07, 6.45) is 1.03. The molecule has 0 radical (unpaired) electrons. The molecule has 0 saturated heterocycles. The maximum absolute atomic E-state index is 6.21. The van der Waals surface area contributed by atoms with E-state index in [1.807, 2.05) is 6.92 Å². The first-order valence-electron chi connectivity index (χ1n) is 6.64. The van der Waals surface area contributed by atoms with Crippen LogP contribution in [0.2, 0.25) is 0 Å². The Bertz CT molecular complexity index is 215. The van der Waals surface area contributed by atoms with Crippen LogP contribution in [-0.4, -0.2) is 12.3 Å². The third-order valence-electron chi connectivity index (χ3n) is 4.65. The fraction of sp³-hybridized carbons (Fsp3) is 1.00. The van der Waals surface area contributed by atoms with Gasteiger partial charge >= 0.3 is 0 Å². The van der Waals surface area contributed by atoms with E-state index >= 15 is 0 Å². The lowest BCUT2D eigenvalue weighted by Gasteiger charge is -2.42. The van der Waals surface area contributed by atoms with Gasteiger partial charge < -0.3 is 10.5 Å². The zero-order valence-corrected chi connectivity index (χ0v) is 13.4. The molecular formula is C15H33NO. The second-order valence-electron chi connectivity index (χ2n) is 8.09. The number of rotatable bonds is 4. The molecule has 2 heteroatoms. The number of ether oxygens (including phenoxy) is 1. The minimum atomic E-state index is -0.568. The molecule has 0 amide bonds. The van der Waals surface area contributed by atoms with Gasteiger partial charge in [0.25, 0.3) is 0 Å². The van der Waals surface area contributed by atoms with Crippen molar-refractivity contribution in [2.75, 3.05) is 6.61 Å². The minimum absolute atomic E-state index is 0.0428. The summed E-state index contributed by atoms with van der Waals surface area (Å²) >= 11 is 0. The highest BCUT2D eigenvalue weighted by Crippen LogP contribution is 2.41. The molecule has 0 fully saturated rings. The molecule has 0 bridgehead atoms. The lowest BCUT2D eigenvalue weighted by atomic mass is 9.67. The van der Waals surface area contributed by atoms with Crippen LogP contribution in [0.4, 0.5) is 0 Å². The van der Waals surface area contributed by atoms with Crippen molar-refractivity contribution in [3.8, 4) is 0 Å². The molecule has 0 aliphatic rings. The van der Waals surface area contributed by atoms with E-state index in [4.69, 9.17) is 10.5 Å². The Morgan fingerprint density at radius 1 is 0.765 bits per heavy atom. The van der Waals surface area contributed by atoms with Gasteiger partial charge in [0, 0.05) is 12.0 Å². The summed E-state index contributed by atoms with van der Waals surface area (Å²) < 4.78 is 5.90. The number of hydrogen-bond donors (Lipinski definition) is 1. The summed E-state index contributed by atoms with van der Waals surface area (Å²) in [7, 11) is 0. The van der Waals surface area contributed by atoms with Gasteiger partial charge in [0.2, 0.25) is 0 Å². The van der Waals surface area contributed by atoms with Gasteiger partial charge in [-0.25, -0.2) is 0 Å². The third-order valence-corrected chi connectivity index (χ3v) is 4.65. The fourth-order valence-electron chi connectivity index (χ4n) is 1.11. The van der Waals surface area contributed by atoms with E-state index < -0.39 is 5.72 Å². The smallest absolute Gasteiger partial charge is 0.118 e. The van der Waals surface area contributed by atoms with Crippen LogP contribution in [0.3, 0.4) is 0 Å². The molecule has 0 aromatic heterocycles. The van der Waals surface area contributed by atoms with E-state index in [1.54, 1.807) is 0 Å². The highest BCUT2D eigenvalue weighted by molar-refractivity contribution is 4.85. The van der Waals surface area contributed by atoms with Gasteiger partial charge in [-0.3, -0.25) is 0 Å². The Morgan fingerprint density at radius 2 is 1.18 bits per heavy atom. The zero-order chi connectivity index (χ0) is 14.1. The Kier molecular flexibility index (Phi) is 4.87. The van der Waals surface area contributed by atoms with E-state index in [1.165, 1.54) is 0 Å². The monoisotopic (exact) mass is 243 g/mol. The number of nitrogens with two attached hydrogens (primary N) is 1. The molecule has 1 atom stereocenters. The van der Waals surface area contributed by atoms with Crippen LogP contribution in [0.15, 0.2) is 0 Å². The van der Waals surface area contributed by atoms with Gasteiger partial charge in [-0.1, -0.05) is 55.4 Å². The molecule has 17 heavy (non-hydrogen) atoms. The predicted octanol–water partition coefficient (Wildman–Crippen LogP) is 4.19. The average molecular weight is 243 g/mol. The van der Waals surface area contributed by atoms with E-state index in [9.17, 15) is 0 Å². The molecular weight excluding hydrogens is 210 g/mol. The molecule has 0 rings (SSSR count). The first-order chi connectivity index (χ1) is 7.21. The summed E-state index contributed by atoms with van der Waals surface area (Å²) in [4.78, 5) is 0. The Hall–Kier alpha value is -0.0800. The van der Waals surface area contributed by atoms with Gasteiger partial charge in [0.15, 0.2) is 0 Å². The molecule has 104 valence electrons. The second kappa shape index (κ2) is 4.89. The highest BCUT2D eigenvalue weighted by atomic mass is 16.5. The van der Waals surface area contributed by atoms with Crippen LogP contribution >= 0.6 is 0 Å². The third kappa shape index (κ3) is 4.59. The van der Waals surface area contributed by atoms with Crippen molar-refractivity contribution in [3.05, 3.63) is 0 Å². The molecule has 0 heterocycles. The van der Waals surface area contributed by atoms with Crippen LogP contribution in [-0.2, 0) is 4.74 Å². The molecule has 2 nitrogen and oxygen atoms in total. The summed E-state index contributed by atoms with van der Waals surface area (Å²) in [6, 6.07) is 0. The van der Waals surface area contributed by atoms with Crippen molar-refractivity contribution in [1.82, 2.24) is 0 Å². The largest absolute Gasteiger partial charge is 0.361 e. The van der Waals surface area contributed by atoms with Crippen molar-refractivity contribution in [2.45, 2.75) is 74.5 Å². The van der Waals surface area contributed by atoms with Crippen molar-refractivity contribution in [1.29, 1.82) is 0 Å². The van der Waals surface area contributed by atoms with Crippen LogP contribution in [0.1, 0.15) is 68.7 Å². The second-order valence-corrected chi connectivity index (χ2v) is 8.09. The SMILES string of the molecule is CC(C)(C)C(C)(C)CCOC(C)(N)C(C)(C)C. The van der Waals surface area contributed by atoms with Gasteiger partial charge in [-0.15, -0.1) is 0 Å². The molecule has 0 spiro atoms. The first-order valence-corrected chi connectivity index (χ1v) is 6.64. The minimum Gasteiger partial charge on any atom is -0.361 e. The molecule has 0 aromatic rings. The van der Waals surface area contributed by atoms with Gasteiger partial charge in [0.1, 0.15) is 5.72 Å². The molecule has 0 aliphatic carbocycles. The average Bonchev–Trinajstić information content (AvgIpc) is 1.98. The maximum Gasteiger partial charge on any atom is 0.118 e. The summed E-state index contributed by atoms with van der Waals surface area (Å²) in [6.45, 7) is 20.4. The van der Waals surface area contributed by atoms with Crippen molar-refractivity contribution in [2.24, 2.45) is 22.0 Å². The molecule has 1 unspecified atom stereocenters. The Morgan fingerprint density at radius 3 is 1.47 bits per heavy atom. The van der Waals surface area contributed by atoms with E-state index in [0.717, 1.165) is 6.42 Å². The summed E-state index contributed by atoms with van der Waals surface area (Å²) in [5, 5.41) is 0. The van der Waals surface area contributed by atoms with Gasteiger partial charge in [-0.05, 0) is 24.2 Å². The van der Waals surface area contributed by atoms with E-state index in [0.29, 0.717) is 6.61 Å². The van der Waals surface area contributed by atoms with Crippen LogP contribution < -0.4 is 5.73 Å². The standard InChI is InChI=1S/C15H33NO/c1-12(2,3)14(7,8)10-11-17-15(9,16)13(4,5)6/h10-11,16H2,1-9H3. The highest BCUT2D eigenvalue weighted by Gasteiger charge is 2.36. The summed E-state index contributed by atoms with van der Waals surface area (Å²) in [5.41, 5.74) is 6.13. The van der Waals surface area contributed by atoms with E-state index in [2.05, 4.69) is 55.4 Å². The van der Waals surface area contributed by atoms with E-state index in [-0.39, 0.29) is 16.2 Å². The molecule has 0 aliphatic heterocycles. The zero-order valence-electron chi connectivity index (χ0n) is 13.4. The molecule has 2 N–H and O–H groups in total. The quantitative estimate of drug-likeness (QED) is 0.752. The summed E-state index contributed by atoms with van der Waals surface area (Å²) in [5.74, 6) is 0. The fourth-order valence-corrected chi connectivity index (χ4v) is 1.11. The Balaban J connectivity index is 4.36. The maximum atomic E-state index is 6.21. The molecule has 0 aromatic carbocycles. The molecule has 0 saturated carbocycles. The van der Waals surface area contributed by atoms with Crippen molar-refractivity contribution >= 4 is 0 Å². The van der Waals surface area contributed by atoms with Gasteiger partial charge in [0.05, 0.1) is 0 Å². The normalized spacial score (nSPS) is 18.0.